The molecule has 0 atom stereocenters. The SMILES string of the molecule is Fc1ccc(NC(=S)Nc2nc3c(s2)CCCC3)cc1. The van der Waals surface area contributed by atoms with E-state index in [2.05, 4.69) is 15.6 Å². The van der Waals surface area contributed by atoms with Gasteiger partial charge in [0, 0.05) is 10.6 Å². The van der Waals surface area contributed by atoms with Crippen LogP contribution in [0.5, 0.6) is 0 Å². The Hall–Kier alpha value is -1.53. The van der Waals surface area contributed by atoms with Gasteiger partial charge in [0.2, 0.25) is 0 Å². The van der Waals surface area contributed by atoms with Crippen molar-refractivity contribution in [2.24, 2.45) is 0 Å². The van der Waals surface area contributed by atoms with E-state index < -0.39 is 0 Å². The first-order valence-corrected chi connectivity index (χ1v) is 7.75. The molecule has 0 bridgehead atoms. The Labute approximate surface area is 126 Å². The van der Waals surface area contributed by atoms with Gasteiger partial charge < -0.3 is 10.6 Å². The summed E-state index contributed by atoms with van der Waals surface area (Å²) in [5.41, 5.74) is 1.96. The molecule has 0 aliphatic heterocycles. The van der Waals surface area contributed by atoms with Gasteiger partial charge in [-0.1, -0.05) is 0 Å². The van der Waals surface area contributed by atoms with Gasteiger partial charge in [-0.3, -0.25) is 0 Å². The average Bonchev–Trinajstić information content (AvgIpc) is 2.83. The summed E-state index contributed by atoms with van der Waals surface area (Å²) in [6.07, 6.45) is 4.64. The van der Waals surface area contributed by atoms with Crippen molar-refractivity contribution in [3.8, 4) is 0 Å². The zero-order chi connectivity index (χ0) is 13.9. The monoisotopic (exact) mass is 307 g/mol. The van der Waals surface area contributed by atoms with Gasteiger partial charge in [0.15, 0.2) is 10.2 Å². The van der Waals surface area contributed by atoms with E-state index in [4.69, 9.17) is 12.2 Å². The molecule has 0 spiro atoms. The molecule has 3 nitrogen and oxygen atoms in total. The van der Waals surface area contributed by atoms with Gasteiger partial charge in [0.1, 0.15) is 5.82 Å². The van der Waals surface area contributed by atoms with Crippen LogP contribution in [0, 0.1) is 5.82 Å². The van der Waals surface area contributed by atoms with Crippen molar-refractivity contribution in [1.82, 2.24) is 4.98 Å². The highest BCUT2D eigenvalue weighted by atomic mass is 32.1. The van der Waals surface area contributed by atoms with Crippen molar-refractivity contribution in [1.29, 1.82) is 0 Å². The van der Waals surface area contributed by atoms with E-state index in [1.165, 1.54) is 35.5 Å². The molecule has 6 heteroatoms. The molecule has 0 saturated heterocycles. The molecular formula is C14H14FN3S2. The molecular weight excluding hydrogens is 293 g/mol. The van der Waals surface area contributed by atoms with Crippen LogP contribution in [-0.4, -0.2) is 10.1 Å². The van der Waals surface area contributed by atoms with Gasteiger partial charge in [0.05, 0.1) is 5.69 Å². The molecule has 0 amide bonds. The maximum atomic E-state index is 12.8. The normalized spacial score (nSPS) is 13.7. The third-order valence-electron chi connectivity index (χ3n) is 3.17. The number of anilines is 2. The summed E-state index contributed by atoms with van der Waals surface area (Å²) in [4.78, 5) is 5.93. The van der Waals surface area contributed by atoms with Crippen molar-refractivity contribution in [2.45, 2.75) is 25.7 Å². The average molecular weight is 307 g/mol. The molecule has 0 fully saturated rings. The number of nitrogens with one attached hydrogen (secondary N) is 2. The number of fused-ring (bicyclic) bond motifs is 1. The number of rotatable bonds is 2. The molecule has 3 rings (SSSR count). The van der Waals surface area contributed by atoms with E-state index in [-0.39, 0.29) is 5.82 Å². The lowest BCUT2D eigenvalue weighted by Gasteiger charge is -2.07. The van der Waals surface area contributed by atoms with E-state index >= 15 is 0 Å². The molecule has 2 aromatic rings. The van der Waals surface area contributed by atoms with Gasteiger partial charge in [-0.15, -0.1) is 11.3 Å². The van der Waals surface area contributed by atoms with Crippen LogP contribution in [0.3, 0.4) is 0 Å². The van der Waals surface area contributed by atoms with Gasteiger partial charge >= 0.3 is 0 Å². The van der Waals surface area contributed by atoms with Crippen molar-refractivity contribution in [3.63, 3.8) is 0 Å². The molecule has 1 aromatic heterocycles. The first-order valence-electron chi connectivity index (χ1n) is 6.53. The Morgan fingerprint density at radius 1 is 1.15 bits per heavy atom. The summed E-state index contributed by atoms with van der Waals surface area (Å²) >= 11 is 6.91. The summed E-state index contributed by atoms with van der Waals surface area (Å²) in [5.74, 6) is -0.262. The van der Waals surface area contributed by atoms with Gasteiger partial charge in [-0.25, -0.2) is 9.37 Å². The Kier molecular flexibility index (Phi) is 3.93. The molecule has 20 heavy (non-hydrogen) atoms. The van der Waals surface area contributed by atoms with Crippen LogP contribution in [0.1, 0.15) is 23.4 Å². The smallest absolute Gasteiger partial charge is 0.189 e. The van der Waals surface area contributed by atoms with Crippen LogP contribution >= 0.6 is 23.6 Å². The van der Waals surface area contributed by atoms with Crippen LogP contribution in [-0.2, 0) is 12.8 Å². The van der Waals surface area contributed by atoms with Gasteiger partial charge in [-0.05, 0) is 62.2 Å². The molecule has 0 unspecified atom stereocenters. The van der Waals surface area contributed by atoms with E-state index in [1.807, 2.05) is 0 Å². The molecule has 1 aromatic carbocycles. The number of hydrogen-bond acceptors (Lipinski definition) is 3. The van der Waals surface area contributed by atoms with Crippen LogP contribution in [0.2, 0.25) is 0 Å². The first-order chi connectivity index (χ1) is 9.70. The maximum absolute atomic E-state index is 12.8. The molecule has 1 heterocycles. The standard InChI is InChI=1S/C14H14FN3S2/c15-9-5-7-10(8-6-9)16-13(19)18-14-17-11-3-1-2-4-12(11)20-14/h5-8H,1-4H2,(H2,16,17,18,19). The molecule has 0 radical (unpaired) electrons. The Morgan fingerprint density at radius 3 is 2.65 bits per heavy atom. The minimum Gasteiger partial charge on any atom is -0.332 e. The predicted octanol–water partition coefficient (Wildman–Crippen LogP) is 3.97. The highest BCUT2D eigenvalue weighted by Crippen LogP contribution is 2.29. The maximum Gasteiger partial charge on any atom is 0.189 e. The van der Waals surface area contributed by atoms with Crippen LogP contribution < -0.4 is 10.6 Å². The quantitative estimate of drug-likeness (QED) is 0.823. The fraction of sp³-hybridized carbons (Fsp3) is 0.286. The number of halogens is 1. The largest absolute Gasteiger partial charge is 0.332 e. The lowest BCUT2D eigenvalue weighted by atomic mass is 10.0. The van der Waals surface area contributed by atoms with E-state index in [0.29, 0.717) is 5.11 Å². The minimum absolute atomic E-state index is 0.262. The Balaban J connectivity index is 1.63. The van der Waals surface area contributed by atoms with Crippen LogP contribution in [0.4, 0.5) is 15.2 Å². The van der Waals surface area contributed by atoms with Crippen LogP contribution in [0.15, 0.2) is 24.3 Å². The summed E-state index contributed by atoms with van der Waals surface area (Å²) in [7, 11) is 0. The Bertz CT molecular complexity index is 598. The van der Waals surface area contributed by atoms with Crippen molar-refractivity contribution < 1.29 is 4.39 Å². The van der Waals surface area contributed by atoms with Crippen molar-refractivity contribution in [2.75, 3.05) is 10.6 Å². The fourth-order valence-electron chi connectivity index (χ4n) is 2.20. The van der Waals surface area contributed by atoms with Gasteiger partial charge in [0.25, 0.3) is 0 Å². The summed E-state index contributed by atoms with van der Waals surface area (Å²) in [5, 5.41) is 7.42. The Morgan fingerprint density at radius 2 is 1.90 bits per heavy atom. The highest BCUT2D eigenvalue weighted by Gasteiger charge is 2.15. The number of hydrogen-bond donors (Lipinski definition) is 2. The molecule has 104 valence electrons. The second kappa shape index (κ2) is 5.85. The number of thiazole rings is 1. The van der Waals surface area contributed by atoms with Gasteiger partial charge in [-0.2, -0.15) is 0 Å². The second-order valence-corrected chi connectivity index (χ2v) is 6.17. The molecule has 1 aliphatic carbocycles. The van der Waals surface area contributed by atoms with E-state index in [1.54, 1.807) is 23.5 Å². The number of benzene rings is 1. The molecule has 0 saturated carbocycles. The fourth-order valence-corrected chi connectivity index (χ4v) is 3.53. The molecule has 2 N–H and O–H groups in total. The predicted molar refractivity (Wildman–Crippen MR) is 85.0 cm³/mol. The van der Waals surface area contributed by atoms with Crippen molar-refractivity contribution >= 4 is 39.5 Å². The molecule has 1 aliphatic rings. The van der Waals surface area contributed by atoms with E-state index in [9.17, 15) is 4.39 Å². The second-order valence-electron chi connectivity index (χ2n) is 4.68. The first kappa shape index (κ1) is 13.5. The third-order valence-corrected chi connectivity index (χ3v) is 4.45. The summed E-state index contributed by atoms with van der Waals surface area (Å²) < 4.78 is 12.8. The number of aryl methyl sites for hydroxylation is 2. The number of aromatic nitrogens is 1. The van der Waals surface area contributed by atoms with E-state index in [0.717, 1.165) is 23.7 Å². The number of thiocarbonyl (C=S) groups is 1. The third kappa shape index (κ3) is 3.13. The van der Waals surface area contributed by atoms with Crippen LogP contribution in [0.25, 0.3) is 0 Å². The summed E-state index contributed by atoms with van der Waals surface area (Å²) in [6, 6.07) is 6.09. The minimum atomic E-state index is -0.262. The highest BCUT2D eigenvalue weighted by molar-refractivity contribution is 7.80. The zero-order valence-corrected chi connectivity index (χ0v) is 12.4. The lowest BCUT2D eigenvalue weighted by molar-refractivity contribution is 0.628. The number of nitrogens with zero attached hydrogens (tertiary/aromatic N) is 1. The summed E-state index contributed by atoms with van der Waals surface area (Å²) in [6.45, 7) is 0. The zero-order valence-electron chi connectivity index (χ0n) is 10.8. The lowest BCUT2D eigenvalue weighted by Crippen LogP contribution is -2.18. The van der Waals surface area contributed by atoms with Crippen molar-refractivity contribution in [3.05, 3.63) is 40.7 Å². The topological polar surface area (TPSA) is 37.0 Å².